The first-order valence-electron chi connectivity index (χ1n) is 8.79. The normalized spacial score (nSPS) is 18.8. The summed E-state index contributed by atoms with van der Waals surface area (Å²) in [5.41, 5.74) is -1.78. The predicted molar refractivity (Wildman–Crippen MR) is 84.9 cm³/mol. The Kier molecular flexibility index (Phi) is 7.74. The molecule has 1 saturated carbocycles. The van der Waals surface area contributed by atoms with Crippen LogP contribution in [0.5, 0.6) is 0 Å². The van der Waals surface area contributed by atoms with Crippen LogP contribution in [-0.2, 0) is 9.59 Å². The molecule has 0 radical (unpaired) electrons. The van der Waals surface area contributed by atoms with E-state index in [9.17, 15) is 46.1 Å². The summed E-state index contributed by atoms with van der Waals surface area (Å²) in [6.45, 7) is 0.124. The van der Waals surface area contributed by atoms with Gasteiger partial charge in [0.15, 0.2) is 12.2 Å². The Morgan fingerprint density at radius 3 is 1.36 bits per heavy atom. The standard InChI is InChI=1S/C16H24F6N2O4/c1-3-23(8-10(25)15(17,18)19)12(27)14(6-5-7-14)13(28)24(4-2)9-11(26)16(20,21)22/h10-11,25-26H,3-9H2,1-2H3. The van der Waals surface area contributed by atoms with Crippen LogP contribution in [0.25, 0.3) is 0 Å². The Bertz CT molecular complexity index is 518. The second kappa shape index (κ2) is 8.85. The number of carbonyl (C=O) groups is 2. The number of alkyl halides is 6. The summed E-state index contributed by atoms with van der Waals surface area (Å²) in [7, 11) is 0. The molecule has 2 unspecified atom stereocenters. The number of halogens is 6. The number of nitrogens with zero attached hydrogens (tertiary/aromatic N) is 2. The summed E-state index contributed by atoms with van der Waals surface area (Å²) in [6.07, 6.45) is -15.2. The molecule has 1 rings (SSSR count). The Hall–Kier alpha value is -1.56. The van der Waals surface area contributed by atoms with E-state index < -0.39 is 54.9 Å². The lowest BCUT2D eigenvalue weighted by Crippen LogP contribution is -2.60. The molecule has 0 aliphatic heterocycles. The molecule has 2 atom stereocenters. The number of rotatable bonds is 8. The van der Waals surface area contributed by atoms with Gasteiger partial charge in [-0.3, -0.25) is 9.59 Å². The van der Waals surface area contributed by atoms with Gasteiger partial charge in [-0.15, -0.1) is 0 Å². The van der Waals surface area contributed by atoms with Crippen LogP contribution in [0.1, 0.15) is 33.1 Å². The summed E-state index contributed by atoms with van der Waals surface area (Å²) in [6, 6.07) is 0. The van der Waals surface area contributed by atoms with Gasteiger partial charge in [-0.05, 0) is 26.7 Å². The fourth-order valence-corrected chi connectivity index (χ4v) is 2.99. The highest BCUT2D eigenvalue weighted by atomic mass is 19.4. The molecule has 1 aliphatic rings. The van der Waals surface area contributed by atoms with E-state index in [1.54, 1.807) is 0 Å². The van der Waals surface area contributed by atoms with E-state index in [2.05, 4.69) is 0 Å². The van der Waals surface area contributed by atoms with E-state index in [4.69, 9.17) is 0 Å². The van der Waals surface area contributed by atoms with Crippen molar-refractivity contribution in [2.45, 2.75) is 57.7 Å². The highest BCUT2D eigenvalue weighted by Crippen LogP contribution is 2.44. The fourth-order valence-electron chi connectivity index (χ4n) is 2.99. The van der Waals surface area contributed by atoms with Crippen molar-refractivity contribution < 1.29 is 46.1 Å². The van der Waals surface area contributed by atoms with E-state index in [1.807, 2.05) is 0 Å². The van der Waals surface area contributed by atoms with Crippen molar-refractivity contribution in [3.05, 3.63) is 0 Å². The van der Waals surface area contributed by atoms with Gasteiger partial charge in [-0.2, -0.15) is 26.3 Å². The summed E-state index contributed by atoms with van der Waals surface area (Å²) in [4.78, 5) is 27.0. The van der Waals surface area contributed by atoms with Crippen molar-refractivity contribution in [2.24, 2.45) is 5.41 Å². The van der Waals surface area contributed by atoms with Crippen LogP contribution in [-0.4, -0.2) is 82.6 Å². The maximum Gasteiger partial charge on any atom is 0.416 e. The summed E-state index contributed by atoms with van der Waals surface area (Å²) in [5.74, 6) is -1.93. The highest BCUT2D eigenvalue weighted by Gasteiger charge is 2.55. The third kappa shape index (κ3) is 5.28. The van der Waals surface area contributed by atoms with E-state index in [-0.39, 0.29) is 25.9 Å². The Morgan fingerprint density at radius 2 is 1.18 bits per heavy atom. The molecule has 0 saturated heterocycles. The highest BCUT2D eigenvalue weighted by molar-refractivity contribution is 6.06. The molecule has 28 heavy (non-hydrogen) atoms. The first-order valence-corrected chi connectivity index (χ1v) is 8.79. The van der Waals surface area contributed by atoms with Crippen molar-refractivity contribution in [3.63, 3.8) is 0 Å². The van der Waals surface area contributed by atoms with Crippen molar-refractivity contribution in [2.75, 3.05) is 26.2 Å². The zero-order valence-electron chi connectivity index (χ0n) is 15.5. The van der Waals surface area contributed by atoms with Crippen LogP contribution in [0, 0.1) is 5.41 Å². The van der Waals surface area contributed by atoms with Crippen LogP contribution >= 0.6 is 0 Å². The average molecular weight is 422 g/mol. The van der Waals surface area contributed by atoms with Gasteiger partial charge in [-0.25, -0.2) is 0 Å². The fraction of sp³-hybridized carbons (Fsp3) is 0.875. The summed E-state index contributed by atoms with van der Waals surface area (Å²) >= 11 is 0. The van der Waals surface area contributed by atoms with Gasteiger partial charge < -0.3 is 20.0 Å². The lowest BCUT2D eigenvalue weighted by atomic mass is 9.66. The molecule has 1 fully saturated rings. The first-order chi connectivity index (χ1) is 12.7. The van der Waals surface area contributed by atoms with E-state index in [0.717, 1.165) is 0 Å². The van der Waals surface area contributed by atoms with Gasteiger partial charge in [-0.1, -0.05) is 6.42 Å². The molecule has 2 amide bonds. The first kappa shape index (κ1) is 24.5. The number of hydrogen-bond acceptors (Lipinski definition) is 4. The Balaban J connectivity index is 3.02. The molecule has 1 aliphatic carbocycles. The molecule has 2 N–H and O–H groups in total. The molecule has 0 bridgehead atoms. The Morgan fingerprint density at radius 1 is 0.857 bits per heavy atom. The van der Waals surface area contributed by atoms with Crippen molar-refractivity contribution in [3.8, 4) is 0 Å². The molecule has 0 spiro atoms. The smallest absolute Gasteiger partial charge is 0.382 e. The number of aliphatic hydroxyl groups excluding tert-OH is 2. The van der Waals surface area contributed by atoms with Gasteiger partial charge in [0, 0.05) is 13.1 Å². The third-order valence-electron chi connectivity index (χ3n) is 4.91. The monoisotopic (exact) mass is 422 g/mol. The SMILES string of the molecule is CCN(CC(O)C(F)(F)F)C(=O)C1(C(=O)N(CC)CC(O)C(F)(F)F)CCC1. The van der Waals surface area contributed by atoms with Gasteiger partial charge in [0.25, 0.3) is 0 Å². The molecule has 12 heteroatoms. The largest absolute Gasteiger partial charge is 0.416 e. The van der Waals surface area contributed by atoms with Gasteiger partial charge in [0.05, 0.1) is 13.1 Å². The topological polar surface area (TPSA) is 81.1 Å². The quantitative estimate of drug-likeness (QED) is 0.461. The van der Waals surface area contributed by atoms with Crippen LogP contribution in [0.4, 0.5) is 26.3 Å². The number of amides is 2. The van der Waals surface area contributed by atoms with Crippen LogP contribution in [0.3, 0.4) is 0 Å². The maximum atomic E-state index is 12.8. The second-order valence-corrected chi connectivity index (χ2v) is 6.74. The molecule has 0 aromatic rings. The van der Waals surface area contributed by atoms with E-state index in [0.29, 0.717) is 16.2 Å². The number of carbonyl (C=O) groups excluding carboxylic acids is 2. The molecule has 0 heterocycles. The number of likely N-dealkylation sites (N-methyl/N-ethyl adjacent to an activating group) is 2. The minimum atomic E-state index is -4.96. The molecule has 0 aromatic carbocycles. The Labute approximate surface area is 158 Å². The zero-order valence-corrected chi connectivity index (χ0v) is 15.5. The molecular weight excluding hydrogens is 398 g/mol. The van der Waals surface area contributed by atoms with Crippen molar-refractivity contribution in [1.82, 2.24) is 9.80 Å². The third-order valence-corrected chi connectivity index (χ3v) is 4.91. The molecular formula is C16H24F6N2O4. The maximum absolute atomic E-state index is 12.8. The lowest BCUT2D eigenvalue weighted by Gasteiger charge is -2.45. The van der Waals surface area contributed by atoms with Gasteiger partial charge >= 0.3 is 12.4 Å². The number of hydrogen-bond donors (Lipinski definition) is 2. The molecule has 6 nitrogen and oxygen atoms in total. The minimum absolute atomic E-state index is 0.0259. The van der Waals surface area contributed by atoms with E-state index in [1.165, 1.54) is 13.8 Å². The van der Waals surface area contributed by atoms with E-state index >= 15 is 0 Å². The average Bonchev–Trinajstić information content (AvgIpc) is 2.53. The minimum Gasteiger partial charge on any atom is -0.382 e. The predicted octanol–water partition coefficient (Wildman–Crippen LogP) is 1.70. The summed E-state index contributed by atoms with van der Waals surface area (Å²) < 4.78 is 75.6. The zero-order chi connectivity index (χ0) is 21.9. The van der Waals surface area contributed by atoms with Crippen molar-refractivity contribution >= 4 is 11.8 Å². The van der Waals surface area contributed by atoms with Crippen LogP contribution in [0.2, 0.25) is 0 Å². The van der Waals surface area contributed by atoms with Crippen molar-refractivity contribution in [1.29, 1.82) is 0 Å². The van der Waals surface area contributed by atoms with Gasteiger partial charge in [0.1, 0.15) is 5.41 Å². The summed E-state index contributed by atoms with van der Waals surface area (Å²) in [5, 5.41) is 18.4. The van der Waals surface area contributed by atoms with Crippen LogP contribution in [0.15, 0.2) is 0 Å². The molecule has 164 valence electrons. The van der Waals surface area contributed by atoms with Gasteiger partial charge in [0.2, 0.25) is 11.8 Å². The number of aliphatic hydroxyl groups is 2. The lowest BCUT2D eigenvalue weighted by molar-refractivity contribution is -0.211. The second-order valence-electron chi connectivity index (χ2n) is 6.74. The van der Waals surface area contributed by atoms with Crippen LogP contribution < -0.4 is 0 Å². The molecule has 0 aromatic heterocycles.